The van der Waals surface area contributed by atoms with Gasteiger partial charge in [0.2, 0.25) is 0 Å². The van der Waals surface area contributed by atoms with Crippen LogP contribution in [0.4, 0.5) is 0 Å². The summed E-state index contributed by atoms with van der Waals surface area (Å²) < 4.78 is 45.1. The average molecular weight is 372 g/mol. The Hall–Kier alpha value is -1.00. The highest BCUT2D eigenvalue weighted by Crippen LogP contribution is 2.52. The molecular weight excluding hydrogens is 350 g/mol. The Balaban J connectivity index is 2.53. The van der Waals surface area contributed by atoms with Gasteiger partial charge in [-0.3, -0.25) is 9.13 Å². The molecule has 0 aromatic heterocycles. The van der Waals surface area contributed by atoms with Gasteiger partial charge in [-0.1, -0.05) is 36.4 Å². The first-order valence-corrected chi connectivity index (χ1v) is 10.8. The number of rotatable bonds is 8. The van der Waals surface area contributed by atoms with Crippen LogP contribution in [-0.2, 0) is 39.5 Å². The molecule has 0 atom stereocenters. The Labute approximate surface area is 142 Å². The molecule has 0 unspecified atom stereocenters. The van der Waals surface area contributed by atoms with Crippen LogP contribution in [0.15, 0.2) is 36.4 Å². The maximum Gasteiger partial charge on any atom is 0.334 e. The third-order valence-corrected chi connectivity index (χ3v) is 7.57. The number of benzene rings is 2. The summed E-state index contributed by atoms with van der Waals surface area (Å²) >= 11 is 0. The van der Waals surface area contributed by atoms with Crippen molar-refractivity contribution in [3.05, 3.63) is 47.5 Å². The third-order valence-electron chi connectivity index (χ3n) is 3.86. The van der Waals surface area contributed by atoms with Crippen LogP contribution in [0.25, 0.3) is 10.8 Å². The quantitative estimate of drug-likeness (QED) is 0.619. The zero-order chi connectivity index (χ0) is 17.8. The molecule has 24 heavy (non-hydrogen) atoms. The van der Waals surface area contributed by atoms with Gasteiger partial charge >= 0.3 is 15.2 Å². The summed E-state index contributed by atoms with van der Waals surface area (Å²) in [6.45, 7) is 0. The molecule has 0 heterocycles. The lowest BCUT2D eigenvalue weighted by Crippen LogP contribution is -1.98. The summed E-state index contributed by atoms with van der Waals surface area (Å²) in [6.07, 6.45) is 0.251. The molecule has 0 amide bonds. The second kappa shape index (κ2) is 7.92. The van der Waals surface area contributed by atoms with Gasteiger partial charge < -0.3 is 18.1 Å². The summed E-state index contributed by atoms with van der Waals surface area (Å²) in [5.74, 6) is 0. The standard InChI is InChI=1S/C16H22O6P2/c1-19-23(17,20-2)11-13-9-14-7-5-6-8-16(14)15(10-13)12-24(18,21-3)22-4/h5-10H,11-12H2,1-4H3. The first-order chi connectivity index (χ1) is 11.4. The van der Waals surface area contributed by atoms with Crippen LogP contribution >= 0.6 is 15.2 Å². The smallest absolute Gasteiger partial charge is 0.312 e. The lowest BCUT2D eigenvalue weighted by molar-refractivity contribution is 0.274. The molecule has 0 N–H and O–H groups in total. The van der Waals surface area contributed by atoms with E-state index in [2.05, 4.69) is 0 Å². The second-order valence-electron chi connectivity index (χ2n) is 5.24. The molecule has 0 saturated carbocycles. The van der Waals surface area contributed by atoms with Crippen LogP contribution in [0.1, 0.15) is 11.1 Å². The summed E-state index contributed by atoms with van der Waals surface area (Å²) in [7, 11) is -0.984. The topological polar surface area (TPSA) is 71.1 Å². The lowest BCUT2D eigenvalue weighted by atomic mass is 10.0. The van der Waals surface area contributed by atoms with E-state index in [0.29, 0.717) is 0 Å². The summed E-state index contributed by atoms with van der Waals surface area (Å²) in [5, 5.41) is 1.89. The van der Waals surface area contributed by atoms with Crippen LogP contribution in [0.5, 0.6) is 0 Å². The van der Waals surface area contributed by atoms with E-state index in [1.807, 2.05) is 36.4 Å². The van der Waals surface area contributed by atoms with Gasteiger partial charge in [-0.05, 0) is 21.9 Å². The van der Waals surface area contributed by atoms with Crippen molar-refractivity contribution in [2.75, 3.05) is 28.4 Å². The van der Waals surface area contributed by atoms with Crippen LogP contribution < -0.4 is 0 Å². The maximum atomic E-state index is 12.5. The normalized spacial score (nSPS) is 12.7. The van der Waals surface area contributed by atoms with Crippen LogP contribution in [0, 0.1) is 0 Å². The van der Waals surface area contributed by atoms with E-state index in [1.165, 1.54) is 28.4 Å². The van der Waals surface area contributed by atoms with E-state index in [4.69, 9.17) is 18.1 Å². The molecule has 0 radical (unpaired) electrons. The molecule has 2 aromatic rings. The van der Waals surface area contributed by atoms with Crippen molar-refractivity contribution in [1.29, 1.82) is 0 Å². The maximum absolute atomic E-state index is 12.5. The molecule has 0 aliphatic carbocycles. The fourth-order valence-corrected chi connectivity index (χ4v) is 4.64. The summed E-state index contributed by atoms with van der Waals surface area (Å²) in [4.78, 5) is 0. The Kier molecular flexibility index (Phi) is 6.38. The highest BCUT2D eigenvalue weighted by molar-refractivity contribution is 7.53. The number of hydrogen-bond donors (Lipinski definition) is 0. The fraction of sp³-hybridized carbons (Fsp3) is 0.375. The largest absolute Gasteiger partial charge is 0.334 e. The molecule has 132 valence electrons. The van der Waals surface area contributed by atoms with E-state index in [9.17, 15) is 9.13 Å². The molecule has 2 rings (SSSR count). The lowest BCUT2D eigenvalue weighted by Gasteiger charge is -2.18. The van der Waals surface area contributed by atoms with Crippen molar-refractivity contribution in [1.82, 2.24) is 0 Å². The van der Waals surface area contributed by atoms with Crippen molar-refractivity contribution in [3.63, 3.8) is 0 Å². The highest BCUT2D eigenvalue weighted by atomic mass is 31.2. The van der Waals surface area contributed by atoms with Crippen LogP contribution in [-0.4, -0.2) is 28.4 Å². The molecule has 2 aromatic carbocycles. The Morgan fingerprint density at radius 1 is 0.792 bits per heavy atom. The number of hydrogen-bond acceptors (Lipinski definition) is 6. The predicted molar refractivity (Wildman–Crippen MR) is 94.6 cm³/mol. The Bertz CT molecular complexity index is 788. The van der Waals surface area contributed by atoms with Crippen LogP contribution in [0.2, 0.25) is 0 Å². The van der Waals surface area contributed by atoms with E-state index in [1.54, 1.807) is 0 Å². The van der Waals surface area contributed by atoms with Gasteiger partial charge in [-0.15, -0.1) is 0 Å². The average Bonchev–Trinajstić information content (AvgIpc) is 2.61. The van der Waals surface area contributed by atoms with Gasteiger partial charge in [-0.25, -0.2) is 0 Å². The van der Waals surface area contributed by atoms with Crippen molar-refractivity contribution >= 4 is 26.0 Å². The van der Waals surface area contributed by atoms with E-state index >= 15 is 0 Å². The molecule has 0 spiro atoms. The summed E-state index contributed by atoms with van der Waals surface area (Å²) in [6, 6.07) is 11.5. The molecule has 0 saturated heterocycles. The highest BCUT2D eigenvalue weighted by Gasteiger charge is 2.25. The second-order valence-corrected chi connectivity index (χ2v) is 9.78. The molecule has 0 fully saturated rings. The van der Waals surface area contributed by atoms with Gasteiger partial charge in [0, 0.05) is 28.4 Å². The van der Waals surface area contributed by atoms with E-state index in [-0.39, 0.29) is 12.3 Å². The van der Waals surface area contributed by atoms with Crippen molar-refractivity contribution < 1.29 is 27.2 Å². The van der Waals surface area contributed by atoms with Gasteiger partial charge in [0.15, 0.2) is 0 Å². The molecule has 0 aliphatic heterocycles. The van der Waals surface area contributed by atoms with Crippen molar-refractivity contribution in [2.24, 2.45) is 0 Å². The fourth-order valence-electron chi connectivity index (χ4n) is 2.52. The van der Waals surface area contributed by atoms with Crippen molar-refractivity contribution in [3.8, 4) is 0 Å². The first kappa shape index (κ1) is 19.3. The molecule has 6 nitrogen and oxygen atoms in total. The minimum absolute atomic E-state index is 0.124. The Morgan fingerprint density at radius 2 is 1.33 bits per heavy atom. The van der Waals surface area contributed by atoms with Gasteiger partial charge in [0.05, 0.1) is 12.3 Å². The minimum atomic E-state index is -3.22. The molecule has 8 heteroatoms. The van der Waals surface area contributed by atoms with Crippen molar-refractivity contribution in [2.45, 2.75) is 12.3 Å². The van der Waals surface area contributed by atoms with Gasteiger partial charge in [-0.2, -0.15) is 0 Å². The predicted octanol–water partition coefficient (Wildman–Crippen LogP) is 4.81. The van der Waals surface area contributed by atoms with Gasteiger partial charge in [0.1, 0.15) is 0 Å². The first-order valence-electron chi connectivity index (χ1n) is 7.30. The van der Waals surface area contributed by atoms with Crippen LogP contribution in [0.3, 0.4) is 0 Å². The summed E-state index contributed by atoms with van der Waals surface area (Å²) in [5.41, 5.74) is 1.57. The molecule has 0 aliphatic rings. The monoisotopic (exact) mass is 372 g/mol. The minimum Gasteiger partial charge on any atom is -0.312 e. The number of fused-ring (bicyclic) bond motifs is 1. The third kappa shape index (κ3) is 4.34. The molecular formula is C16H22O6P2. The zero-order valence-electron chi connectivity index (χ0n) is 14.2. The Morgan fingerprint density at radius 3 is 1.92 bits per heavy atom. The molecule has 0 bridgehead atoms. The van der Waals surface area contributed by atoms with E-state index in [0.717, 1.165) is 21.9 Å². The SMILES string of the molecule is COP(=O)(Cc1cc(CP(=O)(OC)OC)c2ccccc2c1)OC. The zero-order valence-corrected chi connectivity index (χ0v) is 16.0. The van der Waals surface area contributed by atoms with E-state index < -0.39 is 15.2 Å². The van der Waals surface area contributed by atoms with Gasteiger partial charge in [0.25, 0.3) is 0 Å².